The molecule has 0 spiro atoms. The van der Waals surface area contributed by atoms with Gasteiger partial charge in [-0.1, -0.05) is 18.2 Å². The van der Waals surface area contributed by atoms with Gasteiger partial charge in [0.25, 0.3) is 5.56 Å². The Balaban J connectivity index is 1.55. The average molecular weight is 377 g/mol. The van der Waals surface area contributed by atoms with E-state index in [-0.39, 0.29) is 23.5 Å². The zero-order valence-electron chi connectivity index (χ0n) is 15.0. The van der Waals surface area contributed by atoms with Crippen molar-refractivity contribution in [1.29, 1.82) is 0 Å². The van der Waals surface area contributed by atoms with Crippen LogP contribution in [0.5, 0.6) is 0 Å². The van der Waals surface area contributed by atoms with Gasteiger partial charge in [0.15, 0.2) is 5.82 Å². The highest BCUT2D eigenvalue weighted by molar-refractivity contribution is 5.91. The minimum absolute atomic E-state index is 0.269. The summed E-state index contributed by atoms with van der Waals surface area (Å²) in [5.74, 6) is -1.01. The van der Waals surface area contributed by atoms with E-state index in [1.807, 2.05) is 12.1 Å². The Labute approximate surface area is 159 Å². The van der Waals surface area contributed by atoms with Crippen LogP contribution in [0.4, 0.5) is 10.1 Å². The molecule has 2 heterocycles. The molecule has 4 aromatic rings. The maximum absolute atomic E-state index is 14.3. The number of hydrogen-bond donors (Lipinski definition) is 1. The van der Waals surface area contributed by atoms with E-state index in [4.69, 9.17) is 0 Å². The van der Waals surface area contributed by atoms with Crippen molar-refractivity contribution in [2.24, 2.45) is 0 Å². The molecule has 7 nitrogen and oxygen atoms in total. The third-order valence-corrected chi connectivity index (χ3v) is 4.33. The van der Waals surface area contributed by atoms with Crippen LogP contribution in [0.15, 0.2) is 65.7 Å². The lowest BCUT2D eigenvalue weighted by molar-refractivity contribution is -0.117. The molecule has 0 aliphatic rings. The molecule has 1 amide bonds. The Hall–Kier alpha value is -3.81. The van der Waals surface area contributed by atoms with Gasteiger partial charge in [-0.2, -0.15) is 10.2 Å². The molecule has 0 radical (unpaired) electrons. The van der Waals surface area contributed by atoms with Gasteiger partial charge in [-0.15, -0.1) is 0 Å². The number of carbonyl (C=O) groups is 1. The summed E-state index contributed by atoms with van der Waals surface area (Å²) >= 11 is 0. The number of carbonyl (C=O) groups excluding carboxylic acids is 1. The van der Waals surface area contributed by atoms with E-state index in [9.17, 15) is 14.0 Å². The Morgan fingerprint density at radius 2 is 1.93 bits per heavy atom. The molecule has 8 heteroatoms. The highest BCUT2D eigenvalue weighted by Gasteiger charge is 2.12. The first-order valence-corrected chi connectivity index (χ1v) is 8.59. The molecule has 2 aromatic heterocycles. The van der Waals surface area contributed by atoms with Gasteiger partial charge in [0.1, 0.15) is 12.2 Å². The molecule has 4 rings (SSSR count). The van der Waals surface area contributed by atoms with E-state index >= 15 is 0 Å². The lowest BCUT2D eigenvalue weighted by atomic mass is 10.1. The summed E-state index contributed by atoms with van der Waals surface area (Å²) in [6.45, 7) is 1.51. The van der Waals surface area contributed by atoms with E-state index in [1.165, 1.54) is 16.8 Å². The summed E-state index contributed by atoms with van der Waals surface area (Å²) in [5, 5.41) is 12.0. The quantitative estimate of drug-likeness (QED) is 0.593. The first kappa shape index (κ1) is 17.6. The molecule has 0 bridgehead atoms. The second kappa shape index (κ2) is 7.07. The summed E-state index contributed by atoms with van der Waals surface area (Å²) in [6, 6.07) is 13.1. The molecule has 0 fully saturated rings. The molecular formula is C20H16FN5O2. The van der Waals surface area contributed by atoms with Crippen LogP contribution in [0.3, 0.4) is 0 Å². The zero-order valence-corrected chi connectivity index (χ0v) is 15.0. The van der Waals surface area contributed by atoms with Crippen LogP contribution in [0.1, 0.15) is 5.69 Å². The number of nitrogens with one attached hydrogen (secondary N) is 1. The second-order valence-electron chi connectivity index (χ2n) is 6.26. The number of anilines is 1. The minimum atomic E-state index is -0.529. The number of aromatic nitrogens is 4. The fraction of sp³-hybridized carbons (Fsp3) is 0.100. The molecule has 0 saturated carbocycles. The van der Waals surface area contributed by atoms with E-state index in [0.717, 1.165) is 10.1 Å². The standard InChI is InChI=1S/C20H16FN5O2/c1-13-15-5-2-3-6-16(15)20(28)26(24-13)12-19(27)23-14-7-8-18(17(21)11-14)25-10-4-9-22-25/h2-11H,12H2,1H3,(H,23,27). The number of fused-ring (bicyclic) bond motifs is 1. The molecule has 0 atom stereocenters. The summed E-state index contributed by atoms with van der Waals surface area (Å²) in [6.07, 6.45) is 3.17. The number of rotatable bonds is 4. The fourth-order valence-electron chi connectivity index (χ4n) is 3.03. The number of hydrogen-bond acceptors (Lipinski definition) is 4. The van der Waals surface area contributed by atoms with Gasteiger partial charge in [0.2, 0.25) is 5.91 Å². The van der Waals surface area contributed by atoms with E-state index in [2.05, 4.69) is 15.5 Å². The fourth-order valence-corrected chi connectivity index (χ4v) is 3.03. The Morgan fingerprint density at radius 1 is 1.14 bits per heavy atom. The normalized spacial score (nSPS) is 10.9. The van der Waals surface area contributed by atoms with Crippen LogP contribution in [-0.2, 0) is 11.3 Å². The van der Waals surface area contributed by atoms with Crippen molar-refractivity contribution >= 4 is 22.4 Å². The number of nitrogens with zero attached hydrogens (tertiary/aromatic N) is 4. The molecule has 0 saturated heterocycles. The summed E-state index contributed by atoms with van der Waals surface area (Å²) in [7, 11) is 0. The minimum Gasteiger partial charge on any atom is -0.324 e. The smallest absolute Gasteiger partial charge is 0.275 e. The molecule has 2 aromatic carbocycles. The van der Waals surface area contributed by atoms with Crippen molar-refractivity contribution < 1.29 is 9.18 Å². The zero-order chi connectivity index (χ0) is 19.7. The number of benzene rings is 2. The van der Waals surface area contributed by atoms with Crippen LogP contribution in [0.25, 0.3) is 16.5 Å². The highest BCUT2D eigenvalue weighted by atomic mass is 19.1. The van der Waals surface area contributed by atoms with Gasteiger partial charge in [-0.3, -0.25) is 9.59 Å². The Kier molecular flexibility index (Phi) is 4.44. The first-order chi connectivity index (χ1) is 13.5. The van der Waals surface area contributed by atoms with Gasteiger partial charge in [-0.05, 0) is 37.3 Å². The molecule has 28 heavy (non-hydrogen) atoms. The van der Waals surface area contributed by atoms with E-state index in [0.29, 0.717) is 11.1 Å². The van der Waals surface area contributed by atoms with Gasteiger partial charge >= 0.3 is 0 Å². The largest absolute Gasteiger partial charge is 0.324 e. The van der Waals surface area contributed by atoms with Crippen molar-refractivity contribution in [1.82, 2.24) is 19.6 Å². The monoisotopic (exact) mass is 377 g/mol. The van der Waals surface area contributed by atoms with E-state index < -0.39 is 11.7 Å². The number of aryl methyl sites for hydroxylation is 1. The van der Waals surface area contributed by atoms with Gasteiger partial charge in [-0.25, -0.2) is 13.8 Å². The highest BCUT2D eigenvalue weighted by Crippen LogP contribution is 2.18. The second-order valence-corrected chi connectivity index (χ2v) is 6.26. The number of halogens is 1. The van der Waals surface area contributed by atoms with Gasteiger partial charge in [0, 0.05) is 23.5 Å². The van der Waals surface area contributed by atoms with Crippen molar-refractivity contribution in [3.63, 3.8) is 0 Å². The van der Waals surface area contributed by atoms with Crippen molar-refractivity contribution in [3.8, 4) is 5.69 Å². The van der Waals surface area contributed by atoms with Crippen LogP contribution < -0.4 is 10.9 Å². The topological polar surface area (TPSA) is 81.8 Å². The lowest BCUT2D eigenvalue weighted by Crippen LogP contribution is -2.30. The molecule has 0 unspecified atom stereocenters. The van der Waals surface area contributed by atoms with Gasteiger partial charge in [0.05, 0.1) is 11.1 Å². The van der Waals surface area contributed by atoms with Crippen molar-refractivity contribution in [3.05, 3.63) is 82.8 Å². The number of amides is 1. The molecule has 0 aliphatic carbocycles. The molecular weight excluding hydrogens is 361 g/mol. The predicted octanol–water partition coefficient (Wildman–Crippen LogP) is 2.67. The summed E-state index contributed by atoms with van der Waals surface area (Å²) in [4.78, 5) is 24.9. The molecule has 0 aliphatic heterocycles. The van der Waals surface area contributed by atoms with Crippen LogP contribution in [-0.4, -0.2) is 25.5 Å². The van der Waals surface area contributed by atoms with Gasteiger partial charge < -0.3 is 5.32 Å². The van der Waals surface area contributed by atoms with Crippen LogP contribution in [0.2, 0.25) is 0 Å². The molecule has 140 valence electrons. The summed E-state index contributed by atoms with van der Waals surface area (Å²) < 4.78 is 16.8. The third-order valence-electron chi connectivity index (χ3n) is 4.33. The van der Waals surface area contributed by atoms with E-state index in [1.54, 1.807) is 43.6 Å². The van der Waals surface area contributed by atoms with Crippen molar-refractivity contribution in [2.45, 2.75) is 13.5 Å². The maximum atomic E-state index is 14.3. The molecule has 1 N–H and O–H groups in total. The maximum Gasteiger partial charge on any atom is 0.275 e. The predicted molar refractivity (Wildman–Crippen MR) is 103 cm³/mol. The van der Waals surface area contributed by atoms with Crippen LogP contribution >= 0.6 is 0 Å². The Morgan fingerprint density at radius 3 is 2.64 bits per heavy atom. The first-order valence-electron chi connectivity index (χ1n) is 8.59. The summed E-state index contributed by atoms with van der Waals surface area (Å²) in [5.41, 5.74) is 0.851. The average Bonchev–Trinajstić information content (AvgIpc) is 3.20. The third kappa shape index (κ3) is 3.27. The SMILES string of the molecule is Cc1nn(CC(=O)Nc2ccc(-n3cccn3)c(F)c2)c(=O)c2ccccc12. The Bertz CT molecular complexity index is 1230. The lowest BCUT2D eigenvalue weighted by Gasteiger charge is -2.10. The van der Waals surface area contributed by atoms with Crippen LogP contribution in [0, 0.1) is 12.7 Å². The van der Waals surface area contributed by atoms with Crippen molar-refractivity contribution in [2.75, 3.05) is 5.32 Å².